The van der Waals surface area contributed by atoms with Crippen molar-refractivity contribution < 1.29 is 50.3 Å². The molecule has 3 fully saturated rings. The van der Waals surface area contributed by atoms with Crippen molar-refractivity contribution in [3.05, 3.63) is 53.6 Å². The predicted octanol–water partition coefficient (Wildman–Crippen LogP) is 2.94. The van der Waals surface area contributed by atoms with Gasteiger partial charge in [-0.2, -0.15) is 13.2 Å². The van der Waals surface area contributed by atoms with E-state index in [0.717, 1.165) is 21.6 Å². The molecule has 0 radical (unpaired) electrons. The monoisotopic (exact) mass is 764 g/mol. The summed E-state index contributed by atoms with van der Waals surface area (Å²) in [5.41, 5.74) is 1.01. The number of alkyl halides is 3. The molecule has 5 aliphatic rings. The van der Waals surface area contributed by atoms with Crippen molar-refractivity contribution in [2.24, 2.45) is 5.92 Å². The normalized spacial score (nSPS) is 28.8. The van der Waals surface area contributed by atoms with E-state index in [-0.39, 0.29) is 32.5 Å². The summed E-state index contributed by atoms with van der Waals surface area (Å²) >= 11 is 0. The maximum atomic E-state index is 14.0. The number of fused-ring (bicyclic) bond motifs is 3. The summed E-state index contributed by atoms with van der Waals surface area (Å²) in [6, 6.07) is 1.08. The van der Waals surface area contributed by atoms with E-state index in [1.807, 2.05) is 35.1 Å². The molecule has 3 N–H and O–H groups in total. The molecule has 4 bridgehead atoms. The number of nitrogens with zero attached hydrogens (tertiary/aromatic N) is 3. The molecular formula is C35H43F3N6O8S. The Labute approximate surface area is 305 Å². The molecule has 6 rings (SSSR count). The van der Waals surface area contributed by atoms with E-state index in [9.17, 15) is 45.6 Å². The Hall–Kier alpha value is -4.61. The van der Waals surface area contributed by atoms with E-state index in [4.69, 9.17) is 4.74 Å². The Balaban J connectivity index is 1.29. The number of amides is 6. The van der Waals surface area contributed by atoms with Crippen molar-refractivity contribution >= 4 is 45.9 Å². The van der Waals surface area contributed by atoms with E-state index < -0.39 is 93.9 Å². The van der Waals surface area contributed by atoms with E-state index in [2.05, 4.69) is 17.2 Å². The van der Waals surface area contributed by atoms with Crippen LogP contribution in [0.25, 0.3) is 6.08 Å². The molecule has 3 heterocycles. The Morgan fingerprint density at radius 2 is 1.91 bits per heavy atom. The summed E-state index contributed by atoms with van der Waals surface area (Å²) in [5, 5.41) is 3.99. The van der Waals surface area contributed by atoms with Crippen molar-refractivity contribution in [2.45, 2.75) is 99.6 Å². The van der Waals surface area contributed by atoms with E-state index in [0.29, 0.717) is 32.1 Å². The van der Waals surface area contributed by atoms with Gasteiger partial charge in [0.2, 0.25) is 21.8 Å². The number of hydrogen-bond acceptors (Lipinski definition) is 8. The first-order chi connectivity index (χ1) is 25.0. The van der Waals surface area contributed by atoms with Crippen molar-refractivity contribution in [3.8, 4) is 0 Å². The quantitative estimate of drug-likeness (QED) is 0.356. The molecule has 2 saturated carbocycles. The summed E-state index contributed by atoms with van der Waals surface area (Å²) < 4.78 is 74.6. The largest absolute Gasteiger partial charge is 0.444 e. The summed E-state index contributed by atoms with van der Waals surface area (Å²) in [6.07, 6.45) is -1.03. The number of sulfonamides is 1. The second kappa shape index (κ2) is 14.7. The average molecular weight is 765 g/mol. The second-order valence-electron chi connectivity index (χ2n) is 14.4. The maximum Gasteiger partial charge on any atom is 0.410 e. The number of carbonyl (C=O) groups is 5. The summed E-state index contributed by atoms with van der Waals surface area (Å²) in [7, 11) is -2.62. The smallest absolute Gasteiger partial charge is 0.410 e. The van der Waals surface area contributed by atoms with Gasteiger partial charge in [0.05, 0.1) is 24.8 Å². The van der Waals surface area contributed by atoms with Crippen LogP contribution in [0.5, 0.6) is 0 Å². The van der Waals surface area contributed by atoms with Crippen molar-refractivity contribution in [3.63, 3.8) is 0 Å². The fourth-order valence-corrected chi connectivity index (χ4v) is 8.52. The zero-order valence-electron chi connectivity index (χ0n) is 29.2. The number of allylic oxidation sites excluding steroid dienone is 1. The number of nitrogens with one attached hydrogen (secondary N) is 3. The first kappa shape index (κ1) is 38.1. The molecule has 0 spiro atoms. The molecule has 0 aromatic heterocycles. The molecule has 1 saturated heterocycles. The molecule has 1 aromatic rings. The van der Waals surface area contributed by atoms with Crippen LogP contribution in [0.3, 0.4) is 0 Å². The number of benzene rings is 1. The Morgan fingerprint density at radius 1 is 1.15 bits per heavy atom. The van der Waals surface area contributed by atoms with E-state index >= 15 is 0 Å². The van der Waals surface area contributed by atoms with E-state index in [1.165, 1.54) is 22.9 Å². The van der Waals surface area contributed by atoms with Gasteiger partial charge in [0.25, 0.3) is 5.91 Å². The minimum absolute atomic E-state index is 0.0148. The van der Waals surface area contributed by atoms with Gasteiger partial charge in [0.1, 0.15) is 23.7 Å². The van der Waals surface area contributed by atoms with Crippen molar-refractivity contribution in [1.82, 2.24) is 30.1 Å². The zero-order chi connectivity index (χ0) is 38.3. The number of ether oxygens (including phenoxy) is 1. The number of halogens is 3. The molecule has 1 unspecified atom stereocenters. The molecular weight excluding hydrogens is 721 g/mol. The molecule has 6 amide bonds. The third kappa shape index (κ3) is 8.47. The zero-order valence-corrected chi connectivity index (χ0v) is 30.0. The van der Waals surface area contributed by atoms with Crippen LogP contribution in [0.1, 0.15) is 68.1 Å². The van der Waals surface area contributed by atoms with Crippen LogP contribution in [0, 0.1) is 5.92 Å². The third-order valence-electron chi connectivity index (χ3n) is 10.4. The van der Waals surface area contributed by atoms with Gasteiger partial charge >= 0.3 is 18.3 Å². The van der Waals surface area contributed by atoms with Crippen LogP contribution in [-0.4, -0.2) is 108 Å². The fourth-order valence-electron chi connectivity index (χ4n) is 7.16. The maximum absolute atomic E-state index is 14.0. The Morgan fingerprint density at radius 3 is 2.58 bits per heavy atom. The van der Waals surface area contributed by atoms with Crippen LogP contribution in [0.2, 0.25) is 0 Å². The summed E-state index contributed by atoms with van der Waals surface area (Å²) in [4.78, 5) is 71.4. The predicted molar refractivity (Wildman–Crippen MR) is 184 cm³/mol. The highest BCUT2D eigenvalue weighted by Gasteiger charge is 2.62. The highest BCUT2D eigenvalue weighted by molar-refractivity contribution is 7.91. The lowest BCUT2D eigenvalue weighted by Crippen LogP contribution is -2.59. The van der Waals surface area contributed by atoms with Gasteiger partial charge in [0.15, 0.2) is 0 Å². The highest BCUT2D eigenvalue weighted by atomic mass is 32.2. The number of rotatable bonds is 7. The second-order valence-corrected chi connectivity index (χ2v) is 16.4. The average Bonchev–Trinajstić information content (AvgIpc) is 3.98. The SMILES string of the molecule is C=C[C@@H]1C[C@@]1(NC(=O)[C@@H]1C[C@@H]2CN1C(=O)C(CC(F)(F)F)NC(=O)N(C)CCCC/C=C/c1cccc3c1CN(C3)C(=O)O2)C(=O)NS(=O)(=O)C1CC1. The van der Waals surface area contributed by atoms with Crippen LogP contribution >= 0.6 is 0 Å². The van der Waals surface area contributed by atoms with Gasteiger partial charge in [0, 0.05) is 32.5 Å². The standard InChI is InChI=1S/C35H43F3N6O8S/c1-3-23-16-34(23,31(47)41-53(50,51)25-12-13-25)40-29(45)28-15-24-19-44(28)30(46)27(17-35(36,37)38)39-32(48)42(2)14-7-5-4-6-9-21-10-8-11-22-18-43(20-26(21)22)33(49)52-24/h3,6,8-11,23-25,27-28H,1,4-5,7,12-20H2,2H3,(H,39,48)(H,40,45)(H,41,47)/b9-6+/t23-,24-,27?,28+,34+/m1/s1. The topological polar surface area (TPSA) is 175 Å². The minimum Gasteiger partial charge on any atom is -0.444 e. The Kier molecular flexibility index (Phi) is 10.5. The Bertz CT molecular complexity index is 1820. The van der Waals surface area contributed by atoms with Gasteiger partial charge in [-0.25, -0.2) is 18.0 Å². The van der Waals surface area contributed by atoms with Gasteiger partial charge in [-0.3, -0.25) is 24.0 Å². The molecule has 18 heteroatoms. The lowest BCUT2D eigenvalue weighted by atomic mass is 10.0. The number of carbonyl (C=O) groups excluding carboxylic acids is 5. The number of urea groups is 1. The van der Waals surface area contributed by atoms with Crippen LogP contribution in [0.15, 0.2) is 36.9 Å². The van der Waals surface area contributed by atoms with Gasteiger partial charge in [-0.1, -0.05) is 36.4 Å². The summed E-state index contributed by atoms with van der Waals surface area (Å²) in [6.45, 7) is 3.82. The molecule has 2 aliphatic carbocycles. The van der Waals surface area contributed by atoms with Crippen molar-refractivity contribution in [1.29, 1.82) is 0 Å². The summed E-state index contributed by atoms with van der Waals surface area (Å²) in [5.74, 6) is -3.90. The fraction of sp³-hybridized carbons (Fsp3) is 0.571. The molecule has 14 nitrogen and oxygen atoms in total. The minimum atomic E-state index is -4.90. The van der Waals surface area contributed by atoms with Crippen molar-refractivity contribution in [2.75, 3.05) is 20.1 Å². The van der Waals surface area contributed by atoms with E-state index in [1.54, 1.807) is 0 Å². The lowest BCUT2D eigenvalue weighted by molar-refractivity contribution is -0.155. The van der Waals surface area contributed by atoms with Gasteiger partial charge < -0.3 is 25.2 Å². The molecule has 5 atom stereocenters. The lowest BCUT2D eigenvalue weighted by Gasteiger charge is -2.31. The highest BCUT2D eigenvalue weighted by Crippen LogP contribution is 2.45. The third-order valence-corrected chi connectivity index (χ3v) is 12.3. The molecule has 1 aromatic carbocycles. The van der Waals surface area contributed by atoms with Crippen LogP contribution in [-0.2, 0) is 42.2 Å². The first-order valence-electron chi connectivity index (χ1n) is 17.6. The molecule has 3 aliphatic heterocycles. The molecule has 288 valence electrons. The van der Waals surface area contributed by atoms with Gasteiger partial charge in [-0.05, 0) is 55.2 Å². The van der Waals surface area contributed by atoms with Gasteiger partial charge in [-0.15, -0.1) is 6.58 Å². The van der Waals surface area contributed by atoms with Crippen LogP contribution < -0.4 is 15.4 Å². The van der Waals surface area contributed by atoms with Crippen LogP contribution in [0.4, 0.5) is 22.8 Å². The molecule has 53 heavy (non-hydrogen) atoms. The first-order valence-corrected chi connectivity index (χ1v) is 19.2. The number of hydrogen-bond donors (Lipinski definition) is 3.